The molecule has 0 saturated carbocycles. The number of non-ortho nitro benzene ring substituents is 1. The van der Waals surface area contributed by atoms with E-state index in [1.54, 1.807) is 0 Å². The third kappa shape index (κ3) is 6.03. The molecular weight excluding hydrogens is 476 g/mol. The van der Waals surface area contributed by atoms with Gasteiger partial charge in [-0.3, -0.25) is 14.9 Å². The van der Waals surface area contributed by atoms with E-state index in [0.29, 0.717) is 0 Å². The standard InChI is InChI=1S/C20H28N2O13/c1-8(25)21-13-15(27)18(35-20-17(29)16(28)14(26)11(6-23)33-20)12(7-24)34-19(13)32-10-4-2-9(3-5-10)22(30)31/h2-5,11-20,23-24,26-29H,6-7H2,1H3,(H,21,25)/t11-,12+,13+,14-,15+,16+,17-,18+,19-,20+/m0/s1. The van der Waals surface area contributed by atoms with Gasteiger partial charge in [-0.15, -0.1) is 0 Å². The number of carbonyl (C=O) groups excluding carboxylic acids is 1. The number of nitrogens with zero attached hydrogens (tertiary/aromatic N) is 1. The monoisotopic (exact) mass is 504 g/mol. The first-order valence-electron chi connectivity index (χ1n) is 10.7. The Balaban J connectivity index is 1.81. The summed E-state index contributed by atoms with van der Waals surface area (Å²) in [6.07, 6.45) is -13.8. The molecule has 1 aromatic rings. The van der Waals surface area contributed by atoms with Crippen molar-refractivity contribution in [2.75, 3.05) is 13.2 Å². The van der Waals surface area contributed by atoms with Crippen LogP contribution in [0.15, 0.2) is 24.3 Å². The number of hydrogen-bond acceptors (Lipinski definition) is 13. The largest absolute Gasteiger partial charge is 0.463 e. The third-order valence-corrected chi connectivity index (χ3v) is 5.66. The molecule has 3 rings (SSSR count). The Morgan fingerprint density at radius 1 is 0.971 bits per heavy atom. The van der Waals surface area contributed by atoms with Crippen LogP contribution in [0.25, 0.3) is 0 Å². The van der Waals surface area contributed by atoms with E-state index >= 15 is 0 Å². The number of hydrogen-bond donors (Lipinski definition) is 7. The van der Waals surface area contributed by atoms with Crippen molar-refractivity contribution in [2.45, 2.75) is 68.3 Å². The van der Waals surface area contributed by atoms with E-state index in [4.69, 9.17) is 18.9 Å². The second-order valence-electron chi connectivity index (χ2n) is 8.11. The maximum atomic E-state index is 11.8. The molecule has 0 spiro atoms. The number of nitrogens with one attached hydrogen (secondary N) is 1. The van der Waals surface area contributed by atoms with Gasteiger partial charge in [0.15, 0.2) is 6.29 Å². The molecule has 2 saturated heterocycles. The first kappa shape index (κ1) is 27.1. The quantitative estimate of drug-likeness (QED) is 0.136. The third-order valence-electron chi connectivity index (χ3n) is 5.66. The second kappa shape index (κ2) is 11.5. The highest BCUT2D eigenvalue weighted by Crippen LogP contribution is 2.30. The van der Waals surface area contributed by atoms with Crippen molar-refractivity contribution < 1.29 is 59.3 Å². The number of nitro groups is 1. The Morgan fingerprint density at radius 2 is 1.57 bits per heavy atom. The minimum atomic E-state index is -1.78. The molecule has 0 radical (unpaired) electrons. The number of benzene rings is 1. The van der Waals surface area contributed by atoms with Crippen molar-refractivity contribution in [1.82, 2.24) is 5.32 Å². The molecule has 1 amide bonds. The first-order valence-corrected chi connectivity index (χ1v) is 10.7. The van der Waals surface area contributed by atoms with Gasteiger partial charge in [0.2, 0.25) is 12.2 Å². The maximum absolute atomic E-state index is 11.8. The molecule has 15 nitrogen and oxygen atoms in total. The molecule has 1 aromatic carbocycles. The summed E-state index contributed by atoms with van der Waals surface area (Å²) in [5, 5.41) is 73.7. The van der Waals surface area contributed by atoms with Gasteiger partial charge >= 0.3 is 0 Å². The lowest BCUT2D eigenvalue weighted by atomic mass is 9.95. The van der Waals surface area contributed by atoms with E-state index in [9.17, 15) is 45.5 Å². The van der Waals surface area contributed by atoms with Gasteiger partial charge in [0.1, 0.15) is 54.5 Å². The van der Waals surface area contributed by atoms with Gasteiger partial charge in [-0.25, -0.2) is 0 Å². The molecule has 35 heavy (non-hydrogen) atoms. The van der Waals surface area contributed by atoms with E-state index < -0.39 is 85.4 Å². The molecule has 2 heterocycles. The summed E-state index contributed by atoms with van der Waals surface area (Å²) >= 11 is 0. The Bertz CT molecular complexity index is 869. The van der Waals surface area contributed by atoms with Gasteiger partial charge < -0.3 is 54.9 Å². The van der Waals surface area contributed by atoms with Crippen LogP contribution in [0.2, 0.25) is 0 Å². The minimum Gasteiger partial charge on any atom is -0.463 e. The number of nitro benzene ring substituents is 1. The van der Waals surface area contributed by atoms with Crippen LogP contribution in [0.3, 0.4) is 0 Å². The number of aliphatic hydroxyl groups is 6. The van der Waals surface area contributed by atoms with Crippen LogP contribution in [0.4, 0.5) is 5.69 Å². The van der Waals surface area contributed by atoms with Crippen molar-refractivity contribution in [2.24, 2.45) is 0 Å². The summed E-state index contributed by atoms with van der Waals surface area (Å²) in [6, 6.07) is 3.64. The topological polar surface area (TPSA) is 231 Å². The van der Waals surface area contributed by atoms with Gasteiger partial charge in [0, 0.05) is 19.1 Å². The Morgan fingerprint density at radius 3 is 2.11 bits per heavy atom. The Kier molecular flexibility index (Phi) is 8.92. The van der Waals surface area contributed by atoms with Crippen LogP contribution in [0.5, 0.6) is 5.75 Å². The Labute approximate surface area is 198 Å². The van der Waals surface area contributed by atoms with Crippen molar-refractivity contribution in [1.29, 1.82) is 0 Å². The van der Waals surface area contributed by atoms with Crippen LogP contribution in [-0.2, 0) is 19.0 Å². The van der Waals surface area contributed by atoms with E-state index in [1.807, 2.05) is 0 Å². The molecular formula is C20H28N2O13. The molecule has 0 unspecified atom stereocenters. The summed E-state index contributed by atoms with van der Waals surface area (Å²) < 4.78 is 22.2. The fourth-order valence-electron chi connectivity index (χ4n) is 3.84. The van der Waals surface area contributed by atoms with Crippen molar-refractivity contribution >= 4 is 11.6 Å². The summed E-state index contributed by atoms with van der Waals surface area (Å²) in [5.41, 5.74) is -0.193. The average Bonchev–Trinajstić information content (AvgIpc) is 2.83. The second-order valence-corrected chi connectivity index (χ2v) is 8.11. The van der Waals surface area contributed by atoms with Crippen molar-refractivity contribution in [3.05, 3.63) is 34.4 Å². The number of rotatable bonds is 8. The highest BCUT2D eigenvalue weighted by atomic mass is 16.7. The smallest absolute Gasteiger partial charge is 0.269 e. The van der Waals surface area contributed by atoms with Gasteiger partial charge in [0.05, 0.1) is 18.1 Å². The summed E-state index contributed by atoms with van der Waals surface area (Å²) in [7, 11) is 0. The molecule has 0 aliphatic carbocycles. The van der Waals surface area contributed by atoms with Crippen LogP contribution in [-0.4, -0.2) is 116 Å². The highest BCUT2D eigenvalue weighted by Gasteiger charge is 2.51. The molecule has 10 atom stereocenters. The van der Waals surface area contributed by atoms with E-state index in [1.165, 1.54) is 31.2 Å². The molecule has 2 fully saturated rings. The lowest BCUT2D eigenvalue weighted by molar-refractivity contribution is -0.384. The number of carbonyl (C=O) groups is 1. The van der Waals surface area contributed by atoms with Crippen molar-refractivity contribution in [3.8, 4) is 5.75 Å². The highest BCUT2D eigenvalue weighted by molar-refractivity contribution is 5.73. The molecule has 15 heteroatoms. The van der Waals surface area contributed by atoms with Crippen molar-refractivity contribution in [3.63, 3.8) is 0 Å². The lowest BCUT2D eigenvalue weighted by Gasteiger charge is -2.47. The predicted molar refractivity (Wildman–Crippen MR) is 112 cm³/mol. The van der Waals surface area contributed by atoms with Crippen LogP contribution >= 0.6 is 0 Å². The zero-order valence-corrected chi connectivity index (χ0v) is 18.5. The van der Waals surface area contributed by atoms with E-state index in [2.05, 4.69) is 5.32 Å². The summed E-state index contributed by atoms with van der Waals surface area (Å²) in [6.45, 7) is -0.259. The van der Waals surface area contributed by atoms with Crippen LogP contribution in [0, 0.1) is 10.1 Å². The molecule has 2 aliphatic rings. The average molecular weight is 504 g/mol. The number of ether oxygens (including phenoxy) is 4. The molecule has 0 bridgehead atoms. The molecule has 0 aromatic heterocycles. The zero-order valence-electron chi connectivity index (χ0n) is 18.5. The molecule has 7 N–H and O–H groups in total. The van der Waals surface area contributed by atoms with Gasteiger partial charge in [-0.1, -0.05) is 0 Å². The predicted octanol–water partition coefficient (Wildman–Crippen LogP) is -3.26. The Hall–Kier alpha value is -2.47. The summed E-state index contributed by atoms with van der Waals surface area (Å²) in [5.74, 6) is -0.475. The number of aliphatic hydroxyl groups excluding tert-OH is 6. The molecule has 196 valence electrons. The maximum Gasteiger partial charge on any atom is 0.269 e. The van der Waals surface area contributed by atoms with Crippen LogP contribution < -0.4 is 10.1 Å². The first-order chi connectivity index (χ1) is 16.6. The number of amides is 1. The fraction of sp³-hybridized carbons (Fsp3) is 0.650. The fourth-order valence-corrected chi connectivity index (χ4v) is 3.84. The normalized spacial score (nSPS) is 37.5. The minimum absolute atomic E-state index is 0.105. The van der Waals surface area contributed by atoms with Crippen LogP contribution in [0.1, 0.15) is 6.92 Å². The summed E-state index contributed by atoms with van der Waals surface area (Å²) in [4.78, 5) is 22.0. The van der Waals surface area contributed by atoms with Gasteiger partial charge in [-0.05, 0) is 12.1 Å². The van der Waals surface area contributed by atoms with Gasteiger partial charge in [0.25, 0.3) is 5.69 Å². The van der Waals surface area contributed by atoms with Gasteiger partial charge in [-0.2, -0.15) is 0 Å². The SMILES string of the molecule is CC(=O)N[C@H]1[C@@H](Oc2ccc([N+](=O)[O-])cc2)O[C@H](CO)[C@@H](O[C@H]2O[C@@H](CO)[C@H](O)[C@@H](O)[C@@H]2O)[C@@H]1O. The van der Waals surface area contributed by atoms with E-state index in [-0.39, 0.29) is 11.4 Å². The zero-order chi connectivity index (χ0) is 25.9. The van der Waals surface area contributed by atoms with E-state index in [0.717, 1.165) is 0 Å². The molecule has 2 aliphatic heterocycles. The lowest BCUT2D eigenvalue weighted by Crippen LogP contribution is -2.68.